The molecule has 0 bridgehead atoms. The highest BCUT2D eigenvalue weighted by Gasteiger charge is 2.58. The summed E-state index contributed by atoms with van der Waals surface area (Å²) in [6.07, 6.45) is -0.155. The van der Waals surface area contributed by atoms with E-state index in [4.69, 9.17) is 4.74 Å². The van der Waals surface area contributed by atoms with E-state index in [1.54, 1.807) is 0 Å². The lowest BCUT2D eigenvalue weighted by atomic mass is 10.2. The monoisotopic (exact) mass is 226 g/mol. The lowest BCUT2D eigenvalue weighted by molar-refractivity contribution is 0.0261. The van der Waals surface area contributed by atoms with E-state index in [9.17, 15) is 4.79 Å². The number of carbonyl (C=O) groups is 1. The van der Waals surface area contributed by atoms with Gasteiger partial charge in [0.05, 0.1) is 0 Å². The van der Waals surface area contributed by atoms with Gasteiger partial charge >= 0.3 is 6.09 Å². The van der Waals surface area contributed by atoms with E-state index in [0.717, 1.165) is 13.1 Å². The fourth-order valence-corrected chi connectivity index (χ4v) is 2.74. The molecular formula is C12H22N2O2. The summed E-state index contributed by atoms with van der Waals surface area (Å²) in [5, 5.41) is 0. The molecule has 1 saturated carbocycles. The zero-order valence-corrected chi connectivity index (χ0v) is 10.9. The van der Waals surface area contributed by atoms with Crippen LogP contribution in [0.25, 0.3) is 0 Å². The molecule has 0 radical (unpaired) electrons. The predicted molar refractivity (Wildman–Crippen MR) is 62.3 cm³/mol. The topological polar surface area (TPSA) is 32.8 Å². The number of likely N-dealkylation sites (tertiary alicyclic amines) is 1. The van der Waals surface area contributed by atoms with Crippen LogP contribution in [0.5, 0.6) is 0 Å². The van der Waals surface area contributed by atoms with E-state index >= 15 is 0 Å². The maximum absolute atomic E-state index is 11.8. The molecule has 16 heavy (non-hydrogen) atoms. The van der Waals surface area contributed by atoms with Crippen molar-refractivity contribution in [2.75, 3.05) is 27.2 Å². The first-order valence-electron chi connectivity index (χ1n) is 5.94. The molecule has 1 amide bonds. The molecule has 1 unspecified atom stereocenters. The molecule has 4 heteroatoms. The Morgan fingerprint density at radius 1 is 1.25 bits per heavy atom. The van der Waals surface area contributed by atoms with Gasteiger partial charge in [-0.25, -0.2) is 4.79 Å². The molecule has 3 atom stereocenters. The molecule has 2 fully saturated rings. The first-order valence-corrected chi connectivity index (χ1v) is 5.94. The minimum Gasteiger partial charge on any atom is -0.444 e. The van der Waals surface area contributed by atoms with Gasteiger partial charge in [-0.2, -0.15) is 0 Å². The van der Waals surface area contributed by atoms with Gasteiger partial charge in [0.25, 0.3) is 0 Å². The third-order valence-electron chi connectivity index (χ3n) is 3.40. The molecule has 1 aliphatic heterocycles. The Labute approximate surface area is 97.5 Å². The number of hydrogen-bond acceptors (Lipinski definition) is 3. The van der Waals surface area contributed by atoms with Crippen LogP contribution in [0.3, 0.4) is 0 Å². The summed E-state index contributed by atoms with van der Waals surface area (Å²) < 4.78 is 5.36. The first kappa shape index (κ1) is 11.7. The second-order valence-corrected chi connectivity index (χ2v) is 6.17. The molecule has 0 spiro atoms. The highest BCUT2D eigenvalue weighted by molar-refractivity contribution is 5.69. The number of carbonyl (C=O) groups excluding carboxylic acids is 1. The first-order chi connectivity index (χ1) is 7.29. The fourth-order valence-electron chi connectivity index (χ4n) is 2.74. The van der Waals surface area contributed by atoms with Crippen molar-refractivity contribution in [2.45, 2.75) is 32.4 Å². The maximum Gasteiger partial charge on any atom is 0.410 e. The summed E-state index contributed by atoms with van der Waals surface area (Å²) in [5.74, 6) is 1.34. The fraction of sp³-hybridized carbons (Fsp3) is 0.917. The summed E-state index contributed by atoms with van der Waals surface area (Å²) in [5.41, 5.74) is -0.384. The van der Waals surface area contributed by atoms with Gasteiger partial charge in [-0.15, -0.1) is 0 Å². The molecular weight excluding hydrogens is 204 g/mol. The standard InChI is InChI=1S/C12H22N2O2/c1-12(2,3)16-11(15)14-6-8-9(7-14)10(8)13(4)5/h8-10H,6-7H2,1-5H3/t8-,9+,10?. The maximum atomic E-state index is 11.8. The van der Waals surface area contributed by atoms with Gasteiger partial charge in [-0.1, -0.05) is 0 Å². The average molecular weight is 226 g/mol. The number of hydrogen-bond donors (Lipinski definition) is 0. The Hall–Kier alpha value is -0.770. The second-order valence-electron chi connectivity index (χ2n) is 6.17. The van der Waals surface area contributed by atoms with E-state index in [0.29, 0.717) is 17.9 Å². The van der Waals surface area contributed by atoms with Gasteiger partial charge in [0, 0.05) is 19.1 Å². The van der Waals surface area contributed by atoms with Gasteiger partial charge in [0.1, 0.15) is 5.60 Å². The van der Waals surface area contributed by atoms with E-state index < -0.39 is 0 Å². The Morgan fingerprint density at radius 2 is 1.75 bits per heavy atom. The summed E-state index contributed by atoms with van der Waals surface area (Å²) >= 11 is 0. The Morgan fingerprint density at radius 3 is 2.12 bits per heavy atom. The van der Waals surface area contributed by atoms with Crippen molar-refractivity contribution in [1.82, 2.24) is 9.80 Å². The largest absolute Gasteiger partial charge is 0.444 e. The Bertz CT molecular complexity index is 284. The number of rotatable bonds is 1. The second kappa shape index (κ2) is 3.62. The van der Waals surface area contributed by atoms with Crippen LogP contribution in [0.4, 0.5) is 4.79 Å². The van der Waals surface area contributed by atoms with Crippen LogP contribution >= 0.6 is 0 Å². The molecule has 0 N–H and O–H groups in total. The Balaban J connectivity index is 1.82. The number of nitrogens with zero attached hydrogens (tertiary/aromatic N) is 2. The van der Waals surface area contributed by atoms with Gasteiger partial charge in [-0.05, 0) is 46.7 Å². The predicted octanol–water partition coefficient (Wildman–Crippen LogP) is 1.41. The van der Waals surface area contributed by atoms with Gasteiger partial charge < -0.3 is 14.5 Å². The minimum atomic E-state index is -0.384. The van der Waals surface area contributed by atoms with Crippen molar-refractivity contribution < 1.29 is 9.53 Å². The number of ether oxygens (including phenoxy) is 1. The minimum absolute atomic E-state index is 0.155. The van der Waals surface area contributed by atoms with Crippen molar-refractivity contribution in [3.8, 4) is 0 Å². The van der Waals surface area contributed by atoms with Crippen LogP contribution in [-0.4, -0.2) is 54.7 Å². The number of amides is 1. The van der Waals surface area contributed by atoms with Crippen LogP contribution in [0, 0.1) is 11.8 Å². The van der Waals surface area contributed by atoms with Crippen LogP contribution in [0.1, 0.15) is 20.8 Å². The molecule has 2 aliphatic rings. The quantitative estimate of drug-likeness (QED) is 0.678. The SMILES string of the molecule is CN(C)C1[C@H]2CN(C(=O)OC(C)(C)C)C[C@@H]12. The molecule has 2 rings (SSSR count). The van der Waals surface area contributed by atoms with Crippen LogP contribution in [0.2, 0.25) is 0 Å². The lowest BCUT2D eigenvalue weighted by Gasteiger charge is -2.26. The van der Waals surface area contributed by atoms with Crippen molar-refractivity contribution in [2.24, 2.45) is 11.8 Å². The molecule has 92 valence electrons. The molecule has 0 aromatic carbocycles. The third-order valence-corrected chi connectivity index (χ3v) is 3.40. The van der Waals surface area contributed by atoms with Crippen LogP contribution in [0.15, 0.2) is 0 Å². The van der Waals surface area contributed by atoms with E-state index in [1.165, 1.54) is 0 Å². The zero-order chi connectivity index (χ0) is 12.1. The normalized spacial score (nSPS) is 32.9. The van der Waals surface area contributed by atoms with Crippen LogP contribution in [-0.2, 0) is 4.74 Å². The lowest BCUT2D eigenvalue weighted by Crippen LogP contribution is -2.39. The Kier molecular flexibility index (Phi) is 2.65. The van der Waals surface area contributed by atoms with E-state index in [1.807, 2.05) is 25.7 Å². The molecule has 1 aliphatic carbocycles. The molecule has 4 nitrogen and oxygen atoms in total. The highest BCUT2D eigenvalue weighted by atomic mass is 16.6. The van der Waals surface area contributed by atoms with Gasteiger partial charge in [-0.3, -0.25) is 0 Å². The summed E-state index contributed by atoms with van der Waals surface area (Å²) in [6.45, 7) is 7.45. The van der Waals surface area contributed by atoms with Crippen molar-refractivity contribution in [3.05, 3.63) is 0 Å². The van der Waals surface area contributed by atoms with Gasteiger partial charge in [0.2, 0.25) is 0 Å². The molecule has 0 aromatic heterocycles. The molecule has 1 saturated heterocycles. The molecule has 0 aromatic rings. The van der Waals surface area contributed by atoms with Crippen molar-refractivity contribution in [3.63, 3.8) is 0 Å². The van der Waals surface area contributed by atoms with Gasteiger partial charge in [0.15, 0.2) is 0 Å². The summed E-state index contributed by atoms with van der Waals surface area (Å²) in [7, 11) is 4.22. The highest BCUT2D eigenvalue weighted by Crippen LogP contribution is 2.48. The third kappa shape index (κ3) is 2.17. The summed E-state index contributed by atoms with van der Waals surface area (Å²) in [4.78, 5) is 15.9. The van der Waals surface area contributed by atoms with Crippen molar-refractivity contribution in [1.29, 1.82) is 0 Å². The summed E-state index contributed by atoms with van der Waals surface area (Å²) in [6, 6.07) is 0.679. The number of fused-ring (bicyclic) bond motifs is 1. The van der Waals surface area contributed by atoms with Crippen LogP contribution < -0.4 is 0 Å². The zero-order valence-electron chi connectivity index (χ0n) is 10.9. The average Bonchev–Trinajstić information content (AvgIpc) is 2.60. The molecule has 1 heterocycles. The smallest absolute Gasteiger partial charge is 0.410 e. The van der Waals surface area contributed by atoms with E-state index in [2.05, 4.69) is 19.0 Å². The van der Waals surface area contributed by atoms with Crippen molar-refractivity contribution >= 4 is 6.09 Å². The van der Waals surface area contributed by atoms with E-state index in [-0.39, 0.29) is 11.7 Å². The number of piperidine rings is 1.